The second kappa shape index (κ2) is 38.8. The van der Waals surface area contributed by atoms with Crippen molar-refractivity contribution < 1.29 is 54.8 Å². The first kappa shape index (κ1) is 29.2. The van der Waals surface area contributed by atoms with Gasteiger partial charge in [-0.05, 0) is 0 Å². The molecule has 64 valence electrons. The summed E-state index contributed by atoms with van der Waals surface area (Å²) in [5, 5.41) is 11.1. The third kappa shape index (κ3) is 45.0. The van der Waals surface area contributed by atoms with Crippen molar-refractivity contribution in [1.82, 2.24) is 0 Å². The fraction of sp³-hybridized carbons (Fsp3) is 0.125. The first-order valence-electron chi connectivity index (χ1n) is 2.53. The molecule has 0 radical (unpaired) electrons. The van der Waals surface area contributed by atoms with Gasteiger partial charge in [0.05, 0.1) is 0 Å². The molecule has 0 aliphatic rings. The van der Waals surface area contributed by atoms with Crippen LogP contribution in [0, 0.1) is 23.8 Å². The summed E-state index contributed by atoms with van der Waals surface area (Å²) in [6, 6.07) is 3.86. The SMILES string of the molecule is [C-]#N.[CH-]=CC.[Cu+].[Li+].[Li+].[c-]1cccs1. The van der Waals surface area contributed by atoms with E-state index in [0.717, 1.165) is 0 Å². The minimum atomic E-state index is 0. The van der Waals surface area contributed by atoms with Crippen molar-refractivity contribution in [3.05, 3.63) is 42.1 Å². The largest absolute Gasteiger partial charge is 1.00 e. The van der Waals surface area contributed by atoms with Crippen LogP contribution in [0.25, 0.3) is 0 Å². The summed E-state index contributed by atoms with van der Waals surface area (Å²) in [5.74, 6) is 0. The Morgan fingerprint density at radius 2 is 1.85 bits per heavy atom. The second-order valence-electron chi connectivity index (χ2n) is 1.06. The van der Waals surface area contributed by atoms with Crippen LogP contribution in [0.4, 0.5) is 0 Å². The minimum absolute atomic E-state index is 0. The monoisotopic (exact) mass is 227 g/mol. The molecule has 0 bridgehead atoms. The van der Waals surface area contributed by atoms with E-state index in [1.165, 1.54) is 6.08 Å². The van der Waals surface area contributed by atoms with E-state index in [-0.39, 0.29) is 54.8 Å². The molecular weight excluding hydrogens is 220 g/mol. The van der Waals surface area contributed by atoms with E-state index >= 15 is 0 Å². The molecule has 1 heterocycles. The summed E-state index contributed by atoms with van der Waals surface area (Å²) in [5.41, 5.74) is 0. The molecule has 0 atom stereocenters. The maximum Gasteiger partial charge on any atom is 1.00 e. The average Bonchev–Trinajstić information content (AvgIpc) is 2.48. The molecule has 0 amide bonds. The molecule has 0 aromatic carbocycles. The van der Waals surface area contributed by atoms with Gasteiger partial charge in [0.15, 0.2) is 0 Å². The van der Waals surface area contributed by atoms with E-state index in [4.69, 9.17) is 18.4 Å². The van der Waals surface area contributed by atoms with Crippen molar-refractivity contribution in [2.24, 2.45) is 0 Å². The first-order chi connectivity index (χ1) is 4.91. The van der Waals surface area contributed by atoms with Gasteiger partial charge in [0.25, 0.3) is 0 Å². The van der Waals surface area contributed by atoms with Gasteiger partial charge in [-0.3, -0.25) is 6.08 Å². The summed E-state index contributed by atoms with van der Waals surface area (Å²) >= 11 is 1.59. The van der Waals surface area contributed by atoms with Crippen LogP contribution in [0.1, 0.15) is 6.92 Å². The Balaban J connectivity index is -0.0000000244. The van der Waals surface area contributed by atoms with E-state index in [2.05, 4.69) is 5.38 Å². The number of hydrogen-bond acceptors (Lipinski definition) is 2. The van der Waals surface area contributed by atoms with Crippen LogP contribution in [0.15, 0.2) is 23.6 Å². The Labute approximate surface area is 119 Å². The van der Waals surface area contributed by atoms with Crippen LogP contribution in [0.5, 0.6) is 0 Å². The average molecular weight is 228 g/mol. The number of thiophene rings is 1. The third-order valence-corrected chi connectivity index (χ3v) is 0.944. The van der Waals surface area contributed by atoms with E-state index < -0.39 is 0 Å². The normalized spacial score (nSPS) is 4.23. The second-order valence-corrected chi connectivity index (χ2v) is 1.81. The van der Waals surface area contributed by atoms with Crippen LogP contribution in [0.2, 0.25) is 0 Å². The number of hydrogen-bond donors (Lipinski definition) is 0. The molecule has 0 N–H and O–H groups in total. The summed E-state index contributed by atoms with van der Waals surface area (Å²) in [6.45, 7) is 11.2. The predicted octanol–water partition coefficient (Wildman–Crippen LogP) is -3.35. The van der Waals surface area contributed by atoms with Crippen molar-refractivity contribution in [1.29, 1.82) is 5.26 Å². The Morgan fingerprint density at radius 1 is 1.46 bits per heavy atom. The van der Waals surface area contributed by atoms with Crippen LogP contribution in [-0.2, 0) is 17.1 Å². The molecule has 1 aromatic rings. The molecule has 1 nitrogen and oxygen atoms in total. The third-order valence-electron chi connectivity index (χ3n) is 0.379. The van der Waals surface area contributed by atoms with E-state index in [9.17, 15) is 0 Å². The molecule has 0 fully saturated rings. The van der Waals surface area contributed by atoms with Gasteiger partial charge in [-0.2, -0.15) is 11.4 Å². The van der Waals surface area contributed by atoms with Gasteiger partial charge < -0.3 is 29.7 Å². The molecule has 0 aliphatic heterocycles. The first-order valence-corrected chi connectivity index (χ1v) is 3.41. The standard InChI is InChI=1S/C4H3S.C3H5.CN.Cu.2Li/c1-2-4-5-3-1;1-3-2;1-2;;;/h1-3H;1,3H,2H3;;;;/q3*-1;3*+1. The van der Waals surface area contributed by atoms with Crippen molar-refractivity contribution in [2.45, 2.75) is 6.92 Å². The van der Waals surface area contributed by atoms with Gasteiger partial charge in [-0.15, -0.1) is 5.38 Å². The number of nitrogens with zero attached hydrogens (tertiary/aromatic N) is 1. The van der Waals surface area contributed by atoms with Gasteiger partial charge in [0.2, 0.25) is 0 Å². The minimum Gasteiger partial charge on any atom is -0.518 e. The number of allylic oxidation sites excluding steroid dienone is 1. The molecule has 0 spiro atoms. The fourth-order valence-electron chi connectivity index (χ4n) is 0.196. The van der Waals surface area contributed by atoms with Crippen molar-refractivity contribution in [2.75, 3.05) is 0 Å². The fourth-order valence-corrected chi connectivity index (χ4v) is 0.589. The smallest absolute Gasteiger partial charge is 0.518 e. The van der Waals surface area contributed by atoms with Crippen molar-refractivity contribution in [3.8, 4) is 0 Å². The molecule has 0 unspecified atom stereocenters. The van der Waals surface area contributed by atoms with E-state index in [1.807, 2.05) is 17.5 Å². The molecule has 1 rings (SSSR count). The molecule has 0 aliphatic carbocycles. The van der Waals surface area contributed by atoms with Gasteiger partial charge in [-0.1, -0.05) is 6.92 Å². The number of rotatable bonds is 0. The van der Waals surface area contributed by atoms with Crippen molar-refractivity contribution >= 4 is 11.3 Å². The molecular formula is C8H8CuLi2NS. The molecule has 0 saturated heterocycles. The van der Waals surface area contributed by atoms with Gasteiger partial charge in [0.1, 0.15) is 0 Å². The maximum atomic E-state index is 6.25. The summed E-state index contributed by atoms with van der Waals surface area (Å²) in [6.07, 6.45) is 1.50. The van der Waals surface area contributed by atoms with Crippen molar-refractivity contribution in [3.63, 3.8) is 0 Å². The molecule has 5 heteroatoms. The van der Waals surface area contributed by atoms with E-state index in [1.54, 1.807) is 18.3 Å². The summed E-state index contributed by atoms with van der Waals surface area (Å²) in [7, 11) is 0. The topological polar surface area (TPSA) is 23.8 Å². The Kier molecular flexibility index (Phi) is 87.2. The maximum absolute atomic E-state index is 6.25. The summed E-state index contributed by atoms with van der Waals surface area (Å²) < 4.78 is 0. The van der Waals surface area contributed by atoms with Crippen LogP contribution in [-0.4, -0.2) is 0 Å². The van der Waals surface area contributed by atoms with E-state index in [0.29, 0.717) is 0 Å². The van der Waals surface area contributed by atoms with Crippen LogP contribution >= 0.6 is 11.3 Å². The zero-order chi connectivity index (χ0) is 8.24. The summed E-state index contributed by atoms with van der Waals surface area (Å²) in [4.78, 5) is 0. The molecule has 13 heavy (non-hydrogen) atoms. The van der Waals surface area contributed by atoms with Crippen LogP contribution < -0.4 is 37.7 Å². The van der Waals surface area contributed by atoms with Gasteiger partial charge >= 0.3 is 54.8 Å². The predicted molar refractivity (Wildman–Crippen MR) is 42.7 cm³/mol. The van der Waals surface area contributed by atoms with Gasteiger partial charge in [0, 0.05) is 0 Å². The van der Waals surface area contributed by atoms with Gasteiger partial charge in [-0.25, -0.2) is 6.07 Å². The molecule has 1 aromatic heterocycles. The Hall–Kier alpha value is 0.644. The Morgan fingerprint density at radius 3 is 1.92 bits per heavy atom. The Bertz CT molecular complexity index is 137. The zero-order valence-corrected chi connectivity index (χ0v) is 9.80. The molecule has 0 saturated carbocycles. The quantitative estimate of drug-likeness (QED) is 0.336. The zero-order valence-electron chi connectivity index (χ0n) is 8.04. The van der Waals surface area contributed by atoms with Crippen LogP contribution in [0.3, 0.4) is 0 Å².